The number of nitro groups is 1. The van der Waals surface area contributed by atoms with Crippen LogP contribution in [0.25, 0.3) is 0 Å². The van der Waals surface area contributed by atoms with E-state index in [2.05, 4.69) is 9.78 Å². The zero-order valence-corrected chi connectivity index (χ0v) is 17.0. The molecule has 2 aliphatic rings. The van der Waals surface area contributed by atoms with Crippen molar-refractivity contribution in [1.82, 2.24) is 9.78 Å². The van der Waals surface area contributed by atoms with E-state index in [1.807, 2.05) is 23.3 Å². The SMILES string of the molecule is O=[N+]([O-])c1ccc(N2N=C(c3cccc(O)c3)C[C@@H]2c2ccnn2C2CCCC2)cc1. The maximum Gasteiger partial charge on any atom is 0.269 e. The van der Waals surface area contributed by atoms with Gasteiger partial charge in [-0.15, -0.1) is 0 Å². The van der Waals surface area contributed by atoms with E-state index in [4.69, 9.17) is 5.10 Å². The minimum Gasteiger partial charge on any atom is -0.508 e. The van der Waals surface area contributed by atoms with Gasteiger partial charge in [0.1, 0.15) is 5.75 Å². The van der Waals surface area contributed by atoms with Gasteiger partial charge in [0.15, 0.2) is 0 Å². The number of nitrogens with zero attached hydrogens (tertiary/aromatic N) is 5. The summed E-state index contributed by atoms with van der Waals surface area (Å²) in [5.41, 5.74) is 3.64. The lowest BCUT2D eigenvalue weighted by Gasteiger charge is -2.26. The Morgan fingerprint density at radius 2 is 1.84 bits per heavy atom. The van der Waals surface area contributed by atoms with E-state index in [0.29, 0.717) is 12.5 Å². The Morgan fingerprint density at radius 3 is 2.55 bits per heavy atom. The first kappa shape index (κ1) is 19.3. The van der Waals surface area contributed by atoms with Gasteiger partial charge in [-0.2, -0.15) is 10.2 Å². The summed E-state index contributed by atoms with van der Waals surface area (Å²) in [5, 5.41) is 32.4. The van der Waals surface area contributed by atoms with Crippen molar-refractivity contribution in [3.63, 3.8) is 0 Å². The number of rotatable bonds is 5. The summed E-state index contributed by atoms with van der Waals surface area (Å²) >= 11 is 0. The van der Waals surface area contributed by atoms with Gasteiger partial charge >= 0.3 is 0 Å². The predicted octanol–water partition coefficient (Wildman–Crippen LogP) is 4.97. The van der Waals surface area contributed by atoms with Crippen LogP contribution in [-0.4, -0.2) is 25.5 Å². The van der Waals surface area contributed by atoms with Crippen LogP contribution in [0.15, 0.2) is 65.9 Å². The van der Waals surface area contributed by atoms with Gasteiger partial charge < -0.3 is 5.11 Å². The van der Waals surface area contributed by atoms with Gasteiger partial charge in [-0.05, 0) is 43.2 Å². The summed E-state index contributed by atoms with van der Waals surface area (Å²) in [6.07, 6.45) is 7.17. The molecule has 1 saturated carbocycles. The minimum absolute atomic E-state index is 0.0488. The van der Waals surface area contributed by atoms with Crippen LogP contribution in [-0.2, 0) is 0 Å². The summed E-state index contributed by atoms with van der Waals surface area (Å²) in [6.45, 7) is 0. The predicted molar refractivity (Wildman–Crippen MR) is 117 cm³/mol. The monoisotopic (exact) mass is 417 g/mol. The second kappa shape index (κ2) is 7.86. The number of anilines is 1. The van der Waals surface area contributed by atoms with E-state index in [1.165, 1.54) is 25.0 Å². The maximum absolute atomic E-state index is 11.1. The highest BCUT2D eigenvalue weighted by Crippen LogP contribution is 2.40. The zero-order valence-electron chi connectivity index (χ0n) is 17.0. The third kappa shape index (κ3) is 3.65. The molecule has 3 aromatic rings. The molecule has 1 aliphatic heterocycles. The van der Waals surface area contributed by atoms with Crippen LogP contribution in [0.4, 0.5) is 11.4 Å². The molecule has 31 heavy (non-hydrogen) atoms. The van der Waals surface area contributed by atoms with Crippen molar-refractivity contribution in [2.75, 3.05) is 5.01 Å². The molecule has 0 spiro atoms. The van der Waals surface area contributed by atoms with Crippen LogP contribution in [0.3, 0.4) is 0 Å². The highest BCUT2D eigenvalue weighted by Gasteiger charge is 2.34. The van der Waals surface area contributed by atoms with Gasteiger partial charge in [-0.3, -0.25) is 19.8 Å². The summed E-state index contributed by atoms with van der Waals surface area (Å²) in [7, 11) is 0. The summed E-state index contributed by atoms with van der Waals surface area (Å²) < 4.78 is 2.14. The third-order valence-electron chi connectivity index (χ3n) is 6.13. The van der Waals surface area contributed by atoms with Crippen LogP contribution in [0, 0.1) is 10.1 Å². The number of non-ortho nitro benzene ring substituents is 1. The van der Waals surface area contributed by atoms with Crippen LogP contribution in [0.1, 0.15) is 55.4 Å². The number of benzene rings is 2. The molecule has 158 valence electrons. The number of hydrazone groups is 1. The van der Waals surface area contributed by atoms with Crippen molar-refractivity contribution in [3.8, 4) is 5.75 Å². The van der Waals surface area contributed by atoms with Gasteiger partial charge in [0.25, 0.3) is 5.69 Å². The minimum atomic E-state index is -0.401. The molecule has 2 aromatic carbocycles. The molecular weight excluding hydrogens is 394 g/mol. The molecule has 0 unspecified atom stereocenters. The Bertz CT molecular complexity index is 1130. The summed E-state index contributed by atoms with van der Waals surface area (Å²) in [5.74, 6) is 0.196. The summed E-state index contributed by atoms with van der Waals surface area (Å²) in [6, 6.07) is 15.9. The van der Waals surface area contributed by atoms with E-state index < -0.39 is 4.92 Å². The number of hydrogen-bond acceptors (Lipinski definition) is 6. The van der Waals surface area contributed by atoms with Gasteiger partial charge in [0.2, 0.25) is 0 Å². The molecule has 0 amide bonds. The Morgan fingerprint density at radius 1 is 1.06 bits per heavy atom. The first-order valence-electron chi connectivity index (χ1n) is 10.5. The highest BCUT2D eigenvalue weighted by molar-refractivity contribution is 6.03. The number of nitro benzene ring substituents is 1. The number of phenolic OH excluding ortho intramolecular Hbond substituents is 1. The summed E-state index contributed by atoms with van der Waals surface area (Å²) in [4.78, 5) is 10.7. The fraction of sp³-hybridized carbons (Fsp3) is 0.304. The molecule has 1 atom stereocenters. The largest absolute Gasteiger partial charge is 0.508 e. The first-order chi connectivity index (χ1) is 15.1. The first-order valence-corrected chi connectivity index (χ1v) is 10.5. The normalized spacial score (nSPS) is 19.0. The molecule has 1 fully saturated rings. The molecule has 0 saturated heterocycles. The van der Waals surface area contributed by atoms with E-state index in [1.54, 1.807) is 30.3 Å². The van der Waals surface area contributed by atoms with Crippen LogP contribution in [0.2, 0.25) is 0 Å². The van der Waals surface area contributed by atoms with Crippen molar-refractivity contribution in [1.29, 1.82) is 0 Å². The van der Waals surface area contributed by atoms with Crippen molar-refractivity contribution in [2.24, 2.45) is 5.10 Å². The second-order valence-electron chi connectivity index (χ2n) is 8.07. The van der Waals surface area contributed by atoms with Crippen molar-refractivity contribution in [2.45, 2.75) is 44.2 Å². The van der Waals surface area contributed by atoms with E-state index in [-0.39, 0.29) is 17.5 Å². The van der Waals surface area contributed by atoms with Crippen molar-refractivity contribution < 1.29 is 10.0 Å². The number of aromatic hydroxyl groups is 1. The molecular formula is C23H23N5O3. The lowest BCUT2D eigenvalue weighted by Crippen LogP contribution is -2.23. The van der Waals surface area contributed by atoms with Gasteiger partial charge in [0.05, 0.1) is 34.1 Å². The number of hydrogen-bond donors (Lipinski definition) is 1. The third-order valence-corrected chi connectivity index (χ3v) is 6.13. The second-order valence-corrected chi connectivity index (χ2v) is 8.07. The fourth-order valence-electron chi connectivity index (χ4n) is 4.61. The lowest BCUT2D eigenvalue weighted by molar-refractivity contribution is -0.384. The average molecular weight is 417 g/mol. The number of phenols is 1. The van der Waals surface area contributed by atoms with Gasteiger partial charge in [-0.1, -0.05) is 25.0 Å². The molecule has 1 aliphatic carbocycles. The zero-order chi connectivity index (χ0) is 21.4. The Hall–Kier alpha value is -3.68. The van der Waals surface area contributed by atoms with E-state index in [0.717, 1.165) is 35.5 Å². The molecule has 0 radical (unpaired) electrons. The molecule has 8 heteroatoms. The fourth-order valence-corrected chi connectivity index (χ4v) is 4.61. The van der Waals surface area contributed by atoms with Crippen molar-refractivity contribution in [3.05, 3.63) is 82.2 Å². The van der Waals surface area contributed by atoms with Gasteiger partial charge in [-0.25, -0.2) is 0 Å². The van der Waals surface area contributed by atoms with Crippen LogP contribution < -0.4 is 5.01 Å². The molecule has 2 heterocycles. The maximum atomic E-state index is 11.1. The molecule has 8 nitrogen and oxygen atoms in total. The Balaban J connectivity index is 1.55. The quantitative estimate of drug-likeness (QED) is 0.467. The lowest BCUT2D eigenvalue weighted by atomic mass is 10.0. The highest BCUT2D eigenvalue weighted by atomic mass is 16.6. The molecule has 1 aromatic heterocycles. The average Bonchev–Trinajstić information content (AvgIpc) is 3.53. The molecule has 5 rings (SSSR count). The molecule has 0 bridgehead atoms. The smallest absolute Gasteiger partial charge is 0.269 e. The van der Waals surface area contributed by atoms with E-state index >= 15 is 0 Å². The molecule has 1 N–H and O–H groups in total. The topological polar surface area (TPSA) is 96.8 Å². The van der Waals surface area contributed by atoms with Crippen LogP contribution in [0.5, 0.6) is 5.75 Å². The van der Waals surface area contributed by atoms with Crippen molar-refractivity contribution >= 4 is 17.1 Å². The standard InChI is InChI=1S/C23H23N5O3/c29-20-7-3-4-16(14-20)21-15-23(22-12-13-24-26(22)17-5-1-2-6-17)27(25-21)18-8-10-19(11-9-18)28(30)31/h3-4,7-14,17,23,29H,1-2,5-6,15H2/t23-/m1/s1. The Labute approximate surface area is 179 Å². The van der Waals surface area contributed by atoms with Gasteiger partial charge in [0, 0.05) is 30.3 Å². The number of aromatic nitrogens is 2. The van der Waals surface area contributed by atoms with E-state index in [9.17, 15) is 15.2 Å². The Kier molecular flexibility index (Phi) is 4.89. The van der Waals surface area contributed by atoms with Crippen LogP contribution >= 0.6 is 0 Å².